The molecule has 0 fully saturated rings. The van der Waals surface area contributed by atoms with E-state index in [9.17, 15) is 4.57 Å². The van der Waals surface area contributed by atoms with Crippen molar-refractivity contribution in [1.29, 1.82) is 0 Å². The Kier molecular flexibility index (Phi) is 24.8. The molecule has 0 saturated heterocycles. The van der Waals surface area contributed by atoms with E-state index in [1.807, 2.05) is 36.4 Å². The fourth-order valence-electron chi connectivity index (χ4n) is 4.78. The molecule has 44 heavy (non-hydrogen) atoms. The highest BCUT2D eigenvalue weighted by Crippen LogP contribution is 2.30. The molecule has 0 aliphatic carbocycles. The van der Waals surface area contributed by atoms with Gasteiger partial charge in [0.25, 0.3) is 0 Å². The maximum absolute atomic E-state index is 11.9. The summed E-state index contributed by atoms with van der Waals surface area (Å²) >= 11 is 14.0. The lowest BCUT2D eigenvalue weighted by Crippen LogP contribution is -1.98. The molecule has 0 N–H and O–H groups in total. The number of hydrogen-bond acceptors (Lipinski definition) is 5. The van der Waals surface area contributed by atoms with E-state index in [4.69, 9.17) is 18.5 Å². The largest absolute Gasteiger partial charge is 0.492 e. The SMILES string of the molecule is O=[PH](OCCCCCCCCCCCOc1cc(Br)ccc1Br)OCCCCCCCCCCCOc1cc(Br)ccc1Br. The highest BCUT2D eigenvalue weighted by Gasteiger charge is 2.04. The minimum atomic E-state index is -2.34. The van der Waals surface area contributed by atoms with E-state index >= 15 is 0 Å². The lowest BCUT2D eigenvalue weighted by atomic mass is 10.1. The smallest absolute Gasteiger partial charge is 0.319 e. The van der Waals surface area contributed by atoms with Crippen molar-refractivity contribution in [3.63, 3.8) is 0 Å². The first-order chi connectivity index (χ1) is 21.5. The van der Waals surface area contributed by atoms with Crippen LogP contribution >= 0.6 is 72.0 Å². The zero-order valence-corrected chi connectivity index (χ0v) is 33.4. The highest BCUT2D eigenvalue weighted by molar-refractivity contribution is 9.11. The number of halogens is 4. The first-order valence-corrected chi connectivity index (χ1v) is 20.8. The second-order valence-corrected chi connectivity index (χ2v) is 15.8. The van der Waals surface area contributed by atoms with Crippen LogP contribution in [-0.2, 0) is 13.6 Å². The molecule has 0 aromatic heterocycles. The van der Waals surface area contributed by atoms with Crippen LogP contribution in [0.2, 0.25) is 0 Å². The van der Waals surface area contributed by atoms with Crippen molar-refractivity contribution >= 4 is 72.0 Å². The molecule has 2 rings (SSSR count). The first-order valence-electron chi connectivity index (χ1n) is 16.4. The Morgan fingerprint density at radius 1 is 0.432 bits per heavy atom. The first kappa shape index (κ1) is 40.3. The summed E-state index contributed by atoms with van der Waals surface area (Å²) in [5, 5.41) is 0. The Hall–Kier alpha value is 0.110. The van der Waals surface area contributed by atoms with Crippen molar-refractivity contribution in [2.45, 2.75) is 116 Å². The monoisotopic (exact) mass is 886 g/mol. The topological polar surface area (TPSA) is 54.0 Å². The van der Waals surface area contributed by atoms with Crippen molar-refractivity contribution in [1.82, 2.24) is 0 Å². The molecule has 0 heterocycles. The van der Waals surface area contributed by atoms with Gasteiger partial charge in [-0.1, -0.05) is 122 Å². The standard InChI is InChI=1S/C34H51Br4O5P/c35-29-19-21-31(37)33(27-29)40-23-15-11-7-3-1-5-9-13-17-25-42-44(39)43-26-18-14-10-6-2-4-8-12-16-24-41-34-28-30(36)20-22-32(34)38/h19-22,27-28,44H,1-18,23-26H2. The quantitative estimate of drug-likeness (QED) is 0.0629. The molecule has 0 amide bonds. The molecule has 0 saturated carbocycles. The summed E-state index contributed by atoms with van der Waals surface area (Å²) < 4.78 is 38.5. The number of unbranched alkanes of at least 4 members (excludes halogenated alkanes) is 16. The molecule has 0 spiro atoms. The third kappa shape index (κ3) is 21.1. The number of hydrogen-bond donors (Lipinski definition) is 0. The fourth-order valence-corrected chi connectivity index (χ4v) is 6.88. The van der Waals surface area contributed by atoms with Gasteiger partial charge in [0.2, 0.25) is 0 Å². The van der Waals surface area contributed by atoms with Crippen molar-refractivity contribution < 1.29 is 23.1 Å². The second kappa shape index (κ2) is 27.1. The van der Waals surface area contributed by atoms with Gasteiger partial charge in [0.1, 0.15) is 11.5 Å². The van der Waals surface area contributed by atoms with Crippen LogP contribution in [0.4, 0.5) is 0 Å². The third-order valence-electron chi connectivity index (χ3n) is 7.32. The summed E-state index contributed by atoms with van der Waals surface area (Å²) in [6.07, 6.45) is 21.3. The molecule has 0 atom stereocenters. The molecular formula is C34H51Br4O5P. The molecule has 10 heteroatoms. The fraction of sp³-hybridized carbons (Fsp3) is 0.647. The molecule has 0 aliphatic rings. The third-order valence-corrected chi connectivity index (χ3v) is 10.5. The predicted molar refractivity (Wildman–Crippen MR) is 199 cm³/mol. The second-order valence-electron chi connectivity index (χ2n) is 11.2. The van der Waals surface area contributed by atoms with Gasteiger partial charge in [-0.25, -0.2) is 0 Å². The molecule has 0 unspecified atom stereocenters. The summed E-state index contributed by atoms with van der Waals surface area (Å²) in [5.41, 5.74) is 0. The lowest BCUT2D eigenvalue weighted by Gasteiger charge is -2.08. The van der Waals surface area contributed by atoms with Gasteiger partial charge in [-0.05, 0) is 93.9 Å². The Bertz CT molecular complexity index is 963. The normalized spacial score (nSPS) is 11.4. The minimum Gasteiger partial charge on any atom is -0.492 e. The number of rotatable bonds is 28. The van der Waals surface area contributed by atoms with Gasteiger partial charge in [-0.2, -0.15) is 0 Å². The molecule has 2 aromatic rings. The summed E-state index contributed by atoms with van der Waals surface area (Å²) in [5.74, 6) is 1.79. The van der Waals surface area contributed by atoms with Crippen molar-refractivity contribution in [3.05, 3.63) is 54.3 Å². The van der Waals surface area contributed by atoms with Crippen molar-refractivity contribution in [3.8, 4) is 11.5 Å². The van der Waals surface area contributed by atoms with Crippen LogP contribution in [0.15, 0.2) is 54.3 Å². The van der Waals surface area contributed by atoms with Gasteiger partial charge < -0.3 is 18.5 Å². The van der Waals surface area contributed by atoms with Gasteiger partial charge in [-0.3, -0.25) is 4.57 Å². The van der Waals surface area contributed by atoms with Crippen molar-refractivity contribution in [2.24, 2.45) is 0 Å². The molecular weight excluding hydrogens is 839 g/mol. The zero-order chi connectivity index (χ0) is 31.7. The predicted octanol–water partition coefficient (Wildman–Crippen LogP) is 13.6. The van der Waals surface area contributed by atoms with Gasteiger partial charge >= 0.3 is 8.25 Å². The summed E-state index contributed by atoms with van der Waals surface area (Å²) in [6, 6.07) is 12.0. The van der Waals surface area contributed by atoms with Crippen LogP contribution in [0, 0.1) is 0 Å². The molecule has 5 nitrogen and oxygen atoms in total. The van der Waals surface area contributed by atoms with E-state index in [0.29, 0.717) is 13.2 Å². The summed E-state index contributed by atoms with van der Waals surface area (Å²) in [4.78, 5) is 0. The lowest BCUT2D eigenvalue weighted by molar-refractivity contribution is 0.218. The maximum Gasteiger partial charge on any atom is 0.319 e. The van der Waals surface area contributed by atoms with Crippen LogP contribution in [0.5, 0.6) is 11.5 Å². The number of ether oxygens (including phenoxy) is 2. The van der Waals surface area contributed by atoms with Gasteiger partial charge in [0.15, 0.2) is 0 Å². The van der Waals surface area contributed by atoms with Gasteiger partial charge in [0, 0.05) is 8.95 Å². The number of benzene rings is 2. The van der Waals surface area contributed by atoms with Gasteiger partial charge in [0.05, 0.1) is 35.4 Å². The van der Waals surface area contributed by atoms with Crippen LogP contribution in [0.25, 0.3) is 0 Å². The van der Waals surface area contributed by atoms with E-state index < -0.39 is 8.25 Å². The molecule has 0 aliphatic heterocycles. The van der Waals surface area contributed by atoms with Crippen LogP contribution in [-0.4, -0.2) is 26.4 Å². The molecule has 250 valence electrons. The molecule has 2 aromatic carbocycles. The van der Waals surface area contributed by atoms with Crippen molar-refractivity contribution in [2.75, 3.05) is 26.4 Å². The average molecular weight is 890 g/mol. The molecule has 0 bridgehead atoms. The van der Waals surface area contributed by atoms with Crippen LogP contribution < -0.4 is 9.47 Å². The van der Waals surface area contributed by atoms with Gasteiger partial charge in [-0.15, -0.1) is 0 Å². The van der Waals surface area contributed by atoms with E-state index in [2.05, 4.69) is 63.7 Å². The van der Waals surface area contributed by atoms with Crippen LogP contribution in [0.1, 0.15) is 116 Å². The van der Waals surface area contributed by atoms with E-state index in [1.165, 1.54) is 77.0 Å². The minimum absolute atomic E-state index is 0.541. The maximum atomic E-state index is 11.9. The summed E-state index contributed by atoms with van der Waals surface area (Å²) in [7, 11) is -2.34. The van der Waals surface area contributed by atoms with E-state index in [0.717, 1.165) is 81.1 Å². The summed E-state index contributed by atoms with van der Waals surface area (Å²) in [6.45, 7) is 2.60. The average Bonchev–Trinajstić information content (AvgIpc) is 3.01. The Labute approximate surface area is 300 Å². The Balaban J connectivity index is 1.24. The molecule has 0 radical (unpaired) electrons. The zero-order valence-electron chi connectivity index (χ0n) is 26.1. The van der Waals surface area contributed by atoms with Crippen LogP contribution in [0.3, 0.4) is 0 Å². The Morgan fingerprint density at radius 2 is 0.727 bits per heavy atom. The van der Waals surface area contributed by atoms with E-state index in [1.54, 1.807) is 0 Å². The van der Waals surface area contributed by atoms with E-state index in [-0.39, 0.29) is 0 Å². The Morgan fingerprint density at radius 3 is 1.07 bits per heavy atom. The highest BCUT2D eigenvalue weighted by atomic mass is 79.9.